The molecule has 0 radical (unpaired) electrons. The normalized spacial score (nSPS) is 16.1. The monoisotopic (exact) mass is 318 g/mol. The Balaban J connectivity index is 1.88. The molecule has 1 aromatic rings. The summed E-state index contributed by atoms with van der Waals surface area (Å²) in [6.07, 6.45) is 3.48. The topological polar surface area (TPSA) is 41.1 Å². The maximum absolute atomic E-state index is 13.0. The van der Waals surface area contributed by atoms with E-state index in [0.717, 1.165) is 44.5 Å². The van der Waals surface area contributed by atoms with E-state index in [1.54, 1.807) is 0 Å². The maximum atomic E-state index is 13.0. The van der Waals surface area contributed by atoms with Gasteiger partial charge in [0.05, 0.1) is 15.7 Å². The van der Waals surface area contributed by atoms with Gasteiger partial charge in [0.1, 0.15) is 5.82 Å². The Hall–Kier alpha value is -0.840. The highest BCUT2D eigenvalue weighted by Gasteiger charge is 2.16. The van der Waals surface area contributed by atoms with Gasteiger partial charge in [0.2, 0.25) is 5.91 Å². The number of anilines is 1. The lowest BCUT2D eigenvalue weighted by Crippen LogP contribution is -2.28. The highest BCUT2D eigenvalue weighted by atomic mass is 35.5. The number of amides is 1. The van der Waals surface area contributed by atoms with E-state index in [4.69, 9.17) is 23.2 Å². The van der Waals surface area contributed by atoms with Gasteiger partial charge in [-0.15, -0.1) is 0 Å². The quantitative estimate of drug-likeness (QED) is 0.885. The number of hydrogen-bond donors (Lipinski definition) is 2. The first-order valence-corrected chi connectivity index (χ1v) is 7.47. The molecule has 6 heteroatoms. The van der Waals surface area contributed by atoms with Gasteiger partial charge < -0.3 is 10.6 Å². The summed E-state index contributed by atoms with van der Waals surface area (Å²) in [6, 6.07) is 2.27. The Labute approximate surface area is 127 Å². The zero-order chi connectivity index (χ0) is 14.5. The smallest absolute Gasteiger partial charge is 0.224 e. The average molecular weight is 319 g/mol. The van der Waals surface area contributed by atoms with Crippen LogP contribution in [0, 0.1) is 11.7 Å². The third-order valence-electron chi connectivity index (χ3n) is 3.51. The second-order valence-corrected chi connectivity index (χ2v) is 5.84. The summed E-state index contributed by atoms with van der Waals surface area (Å²) < 4.78 is 13.0. The summed E-state index contributed by atoms with van der Waals surface area (Å²) in [5.74, 6) is -0.0761. The van der Waals surface area contributed by atoms with E-state index in [-0.39, 0.29) is 21.6 Å². The predicted molar refractivity (Wildman–Crippen MR) is 79.9 cm³/mol. The molecule has 0 unspecified atom stereocenters. The lowest BCUT2D eigenvalue weighted by atomic mass is 9.93. The zero-order valence-corrected chi connectivity index (χ0v) is 12.5. The maximum Gasteiger partial charge on any atom is 0.224 e. The van der Waals surface area contributed by atoms with Crippen LogP contribution in [0.1, 0.15) is 25.7 Å². The molecule has 1 amide bonds. The average Bonchev–Trinajstić information content (AvgIpc) is 2.42. The van der Waals surface area contributed by atoms with Crippen LogP contribution in [0.4, 0.5) is 10.1 Å². The molecule has 0 atom stereocenters. The van der Waals surface area contributed by atoms with Gasteiger partial charge in [0.25, 0.3) is 0 Å². The van der Waals surface area contributed by atoms with Crippen LogP contribution in [0.2, 0.25) is 10.0 Å². The van der Waals surface area contributed by atoms with Crippen molar-refractivity contribution in [1.29, 1.82) is 0 Å². The minimum Gasteiger partial charge on any atom is -0.324 e. The molecule has 3 nitrogen and oxygen atoms in total. The minimum absolute atomic E-state index is 0.116. The van der Waals surface area contributed by atoms with Crippen molar-refractivity contribution < 1.29 is 9.18 Å². The van der Waals surface area contributed by atoms with E-state index in [0.29, 0.717) is 12.3 Å². The molecule has 0 spiro atoms. The third-order valence-corrected chi connectivity index (χ3v) is 4.11. The van der Waals surface area contributed by atoms with Gasteiger partial charge in [0.15, 0.2) is 0 Å². The SMILES string of the molecule is O=C(CCC1CCNCC1)Nc1c(Cl)cc(F)cc1Cl. The Morgan fingerprint density at radius 2 is 1.90 bits per heavy atom. The molecule has 0 aliphatic carbocycles. The molecule has 110 valence electrons. The molecular weight excluding hydrogens is 302 g/mol. The molecule has 0 bridgehead atoms. The highest BCUT2D eigenvalue weighted by Crippen LogP contribution is 2.31. The number of nitrogens with one attached hydrogen (secondary N) is 2. The minimum atomic E-state index is -0.521. The summed E-state index contributed by atoms with van der Waals surface area (Å²) in [7, 11) is 0. The van der Waals surface area contributed by atoms with E-state index < -0.39 is 5.82 Å². The van der Waals surface area contributed by atoms with Crippen molar-refractivity contribution in [3.05, 3.63) is 28.0 Å². The van der Waals surface area contributed by atoms with Crippen molar-refractivity contribution >= 4 is 34.8 Å². The molecule has 1 aromatic carbocycles. The van der Waals surface area contributed by atoms with Gasteiger partial charge in [-0.2, -0.15) is 0 Å². The predicted octanol–water partition coefficient (Wildman–Crippen LogP) is 3.85. The summed E-state index contributed by atoms with van der Waals surface area (Å²) in [5.41, 5.74) is 0.282. The number of benzene rings is 1. The van der Waals surface area contributed by atoms with E-state index in [1.165, 1.54) is 0 Å². The van der Waals surface area contributed by atoms with E-state index >= 15 is 0 Å². The summed E-state index contributed by atoms with van der Waals surface area (Å²) in [5, 5.41) is 6.18. The Kier molecular flexibility index (Phi) is 5.64. The van der Waals surface area contributed by atoms with Crippen molar-refractivity contribution in [1.82, 2.24) is 5.32 Å². The van der Waals surface area contributed by atoms with Gasteiger partial charge >= 0.3 is 0 Å². The molecule has 1 fully saturated rings. The molecular formula is C14H17Cl2FN2O. The summed E-state index contributed by atoms with van der Waals surface area (Å²) in [4.78, 5) is 11.9. The summed E-state index contributed by atoms with van der Waals surface area (Å²) in [6.45, 7) is 2.03. The van der Waals surface area contributed by atoms with Gasteiger partial charge in [-0.25, -0.2) is 4.39 Å². The van der Waals surface area contributed by atoms with Crippen LogP contribution in [-0.4, -0.2) is 19.0 Å². The molecule has 2 N–H and O–H groups in total. The fraction of sp³-hybridized carbons (Fsp3) is 0.500. The molecule has 1 aliphatic rings. The summed E-state index contributed by atoms with van der Waals surface area (Å²) >= 11 is 11.8. The van der Waals surface area contributed by atoms with Crippen molar-refractivity contribution in [3.63, 3.8) is 0 Å². The van der Waals surface area contributed by atoms with Crippen molar-refractivity contribution in [3.8, 4) is 0 Å². The van der Waals surface area contributed by atoms with E-state index in [1.807, 2.05) is 0 Å². The first-order valence-electron chi connectivity index (χ1n) is 6.71. The second kappa shape index (κ2) is 7.25. The molecule has 1 saturated heterocycles. The number of carbonyl (C=O) groups is 1. The van der Waals surface area contributed by atoms with Gasteiger partial charge in [-0.1, -0.05) is 23.2 Å². The molecule has 0 saturated carbocycles. The van der Waals surface area contributed by atoms with Crippen molar-refractivity contribution in [2.24, 2.45) is 5.92 Å². The number of piperidine rings is 1. The van der Waals surface area contributed by atoms with Gasteiger partial charge in [-0.3, -0.25) is 4.79 Å². The lowest BCUT2D eigenvalue weighted by molar-refractivity contribution is -0.116. The van der Waals surface area contributed by atoms with Gasteiger partial charge in [-0.05, 0) is 50.4 Å². The van der Waals surface area contributed by atoms with Crippen LogP contribution in [0.25, 0.3) is 0 Å². The van der Waals surface area contributed by atoms with Gasteiger partial charge in [0, 0.05) is 6.42 Å². The number of carbonyl (C=O) groups excluding carboxylic acids is 1. The largest absolute Gasteiger partial charge is 0.324 e. The first-order chi connectivity index (χ1) is 9.56. The van der Waals surface area contributed by atoms with Crippen molar-refractivity contribution in [2.45, 2.75) is 25.7 Å². The third kappa shape index (κ3) is 4.33. The molecule has 0 aromatic heterocycles. The Morgan fingerprint density at radius 3 is 2.50 bits per heavy atom. The Bertz CT molecular complexity index is 467. The molecule has 2 rings (SSSR count). The number of halogens is 3. The van der Waals surface area contributed by atoms with Crippen LogP contribution in [0.3, 0.4) is 0 Å². The molecule has 1 aliphatic heterocycles. The first kappa shape index (κ1) is 15.5. The number of hydrogen-bond acceptors (Lipinski definition) is 2. The van der Waals surface area contributed by atoms with E-state index in [9.17, 15) is 9.18 Å². The fourth-order valence-electron chi connectivity index (χ4n) is 2.37. The second-order valence-electron chi connectivity index (χ2n) is 5.02. The Morgan fingerprint density at radius 1 is 1.30 bits per heavy atom. The number of rotatable bonds is 4. The molecule has 1 heterocycles. The lowest BCUT2D eigenvalue weighted by Gasteiger charge is -2.22. The van der Waals surface area contributed by atoms with Crippen LogP contribution in [-0.2, 0) is 4.79 Å². The van der Waals surface area contributed by atoms with E-state index in [2.05, 4.69) is 10.6 Å². The van der Waals surface area contributed by atoms with Crippen LogP contribution in [0.15, 0.2) is 12.1 Å². The van der Waals surface area contributed by atoms with Crippen LogP contribution in [0.5, 0.6) is 0 Å². The van der Waals surface area contributed by atoms with Crippen molar-refractivity contribution in [2.75, 3.05) is 18.4 Å². The van der Waals surface area contributed by atoms with Crippen LogP contribution >= 0.6 is 23.2 Å². The highest BCUT2D eigenvalue weighted by molar-refractivity contribution is 6.39. The van der Waals surface area contributed by atoms with Crippen LogP contribution < -0.4 is 10.6 Å². The fourth-order valence-corrected chi connectivity index (χ4v) is 2.92. The standard InChI is InChI=1S/C14H17Cl2FN2O/c15-11-7-10(17)8-12(16)14(11)19-13(20)2-1-9-3-5-18-6-4-9/h7-9,18H,1-6H2,(H,19,20). The molecule has 20 heavy (non-hydrogen) atoms. The zero-order valence-electron chi connectivity index (χ0n) is 11.0.